The summed E-state index contributed by atoms with van der Waals surface area (Å²) in [7, 11) is 0. The van der Waals surface area contributed by atoms with E-state index in [2.05, 4.69) is 145 Å². The van der Waals surface area contributed by atoms with E-state index in [1.54, 1.807) is 0 Å². The Morgan fingerprint density at radius 2 is 0.918 bits per heavy atom. The van der Waals surface area contributed by atoms with Crippen LogP contribution in [0.1, 0.15) is 9.60 Å². The van der Waals surface area contributed by atoms with Crippen LogP contribution in [0, 0.1) is 0 Å². The minimum atomic E-state index is -0.461. The minimum absolute atomic E-state index is 0.00227. The molecule has 0 radical (unpaired) electrons. The molecule has 284 valence electrons. The molecule has 12 rings (SSSR count). The molecule has 12 aromatic rings. The van der Waals surface area contributed by atoms with Crippen LogP contribution < -0.4 is 0 Å². The average Bonchev–Trinajstić information content (AvgIpc) is 3.78. The highest BCUT2D eigenvalue weighted by Crippen LogP contribution is 2.54. The van der Waals surface area contributed by atoms with Crippen molar-refractivity contribution in [3.8, 4) is 65.5 Å². The van der Waals surface area contributed by atoms with Crippen molar-refractivity contribution in [2.45, 2.75) is 0 Å². The highest BCUT2D eigenvalue weighted by molar-refractivity contribution is 7.20. The summed E-state index contributed by atoms with van der Waals surface area (Å²) >= 11 is 1.82. The largest absolute Gasteiger partial charge is 0.254 e. The molecule has 0 saturated carbocycles. The first-order valence-electron chi connectivity index (χ1n) is 23.7. The molecule has 3 heterocycles. The van der Waals surface area contributed by atoms with Crippen molar-refractivity contribution in [2.24, 2.45) is 0 Å². The number of hydrogen-bond acceptors (Lipinski definition) is 3. The van der Waals surface area contributed by atoms with E-state index in [9.17, 15) is 1.37 Å². The molecule has 61 heavy (non-hydrogen) atoms. The predicted molar refractivity (Wildman–Crippen MR) is 260 cm³/mol. The monoisotopic (exact) mass is 799 g/mol. The van der Waals surface area contributed by atoms with Gasteiger partial charge in [-0.3, -0.25) is 4.98 Å². The fourth-order valence-electron chi connectivity index (χ4n) is 8.83. The number of rotatable bonds is 6. The Labute approximate surface area is 367 Å². The Balaban J connectivity index is 1.03. The van der Waals surface area contributed by atoms with Gasteiger partial charge in [0.15, 0.2) is 0 Å². The highest BCUT2D eigenvalue weighted by atomic mass is 32.1. The number of benzene rings is 9. The summed E-state index contributed by atoms with van der Waals surface area (Å²) < 4.78 is 60.7. The van der Waals surface area contributed by atoms with Crippen LogP contribution in [0.2, 0.25) is 0 Å². The van der Waals surface area contributed by atoms with Gasteiger partial charge in [0.25, 0.3) is 0 Å². The topological polar surface area (TPSA) is 25.8 Å². The van der Waals surface area contributed by atoms with Gasteiger partial charge in [0.05, 0.1) is 26.3 Å². The summed E-state index contributed by atoms with van der Waals surface area (Å²) in [5.74, 6) is 0. The van der Waals surface area contributed by atoms with Crippen LogP contribution in [0.3, 0.4) is 0 Å². The lowest BCUT2D eigenvalue weighted by atomic mass is 9.89. The fourth-order valence-corrected chi connectivity index (χ4v) is 10.2. The third-order valence-electron chi connectivity index (χ3n) is 11.6. The molecular weight excluding hydrogens is 757 g/mol. The molecular formula is C58H36N2S. The Bertz CT molecular complexity index is 4040. The van der Waals surface area contributed by atoms with E-state index in [0.29, 0.717) is 5.56 Å². The van der Waals surface area contributed by atoms with Gasteiger partial charge in [0, 0.05) is 49.0 Å². The van der Waals surface area contributed by atoms with Crippen molar-refractivity contribution in [1.29, 1.82) is 0 Å². The third-order valence-corrected chi connectivity index (χ3v) is 12.9. The quantitative estimate of drug-likeness (QED) is 0.157. The molecule has 3 aromatic heterocycles. The molecule has 0 aliphatic heterocycles. The molecule has 0 atom stereocenters. The van der Waals surface area contributed by atoms with E-state index in [1.807, 2.05) is 47.7 Å². The first-order valence-corrected chi connectivity index (χ1v) is 21.0. The summed E-state index contributed by atoms with van der Waals surface area (Å²) in [6, 6.07) is 59.5. The first kappa shape index (κ1) is 28.7. The van der Waals surface area contributed by atoms with E-state index >= 15 is 0 Å². The summed E-state index contributed by atoms with van der Waals surface area (Å²) in [6.45, 7) is 0. The van der Waals surface area contributed by atoms with E-state index in [0.717, 1.165) is 43.5 Å². The minimum Gasteiger partial charge on any atom is -0.254 e. The Morgan fingerprint density at radius 3 is 1.64 bits per heavy atom. The van der Waals surface area contributed by atoms with Gasteiger partial charge >= 0.3 is 0 Å². The normalized spacial score (nSPS) is 13.2. The Kier molecular flexibility index (Phi) is 6.83. The zero-order valence-electron chi connectivity index (χ0n) is 39.5. The van der Waals surface area contributed by atoms with E-state index in [1.165, 1.54) is 43.1 Å². The summed E-state index contributed by atoms with van der Waals surface area (Å²) in [5, 5.41) is 6.44. The van der Waals surface area contributed by atoms with Crippen molar-refractivity contribution in [1.82, 2.24) is 9.97 Å². The van der Waals surface area contributed by atoms with Crippen LogP contribution in [0.5, 0.6) is 0 Å². The molecule has 0 aliphatic carbocycles. The second-order valence-corrected chi connectivity index (χ2v) is 16.1. The maximum absolute atomic E-state index is 9.17. The maximum Gasteiger partial charge on any atom is 0.0972 e. The molecule has 0 unspecified atom stereocenters. The van der Waals surface area contributed by atoms with Crippen LogP contribution in [0.4, 0.5) is 0 Å². The summed E-state index contributed by atoms with van der Waals surface area (Å²) in [4.78, 5) is 11.5. The Hall–Kier alpha value is -7.72. The van der Waals surface area contributed by atoms with Crippen molar-refractivity contribution in [3.63, 3.8) is 0 Å². The molecule has 0 bridgehead atoms. The summed E-state index contributed by atoms with van der Waals surface area (Å²) in [5.41, 5.74) is 9.73. The van der Waals surface area contributed by atoms with Crippen molar-refractivity contribution >= 4 is 65.5 Å². The number of fused-ring (bicyclic) bond motifs is 7. The van der Waals surface area contributed by atoms with Gasteiger partial charge in [0.1, 0.15) is 0 Å². The molecule has 3 heteroatoms. The van der Waals surface area contributed by atoms with Gasteiger partial charge < -0.3 is 0 Å². The van der Waals surface area contributed by atoms with Gasteiger partial charge in [-0.2, -0.15) is 0 Å². The lowest BCUT2D eigenvalue weighted by Crippen LogP contribution is -1.91. The van der Waals surface area contributed by atoms with Crippen LogP contribution in [-0.2, 0) is 0 Å². The molecule has 0 aliphatic rings. The van der Waals surface area contributed by atoms with E-state index in [4.69, 9.17) is 13.2 Å². The number of pyridine rings is 2. The SMILES string of the molecule is [2H]c1nc2c(c([2H])c1[2H])c([2H])c([2H])c1c([2H])c([2H])c(-c3ccc(-c4ccc(-c5sc(-c6cc7ccccc7c7ccccc67)c(-c6ccccc6)c5-c5ccccc5)cc4)c4ccccc34)nc12. The van der Waals surface area contributed by atoms with Crippen molar-refractivity contribution < 1.29 is 9.60 Å². The van der Waals surface area contributed by atoms with Gasteiger partial charge in [-0.25, -0.2) is 4.98 Å². The first-order chi connectivity index (χ1) is 33.2. The lowest BCUT2D eigenvalue weighted by Gasteiger charge is -2.14. The molecule has 0 amide bonds. The zero-order chi connectivity index (χ0) is 46.4. The lowest BCUT2D eigenvalue weighted by molar-refractivity contribution is 1.37. The van der Waals surface area contributed by atoms with Gasteiger partial charge in [0.2, 0.25) is 0 Å². The third kappa shape index (κ3) is 5.93. The number of hydrogen-bond donors (Lipinski definition) is 0. The van der Waals surface area contributed by atoms with Crippen molar-refractivity contribution in [3.05, 3.63) is 218 Å². The van der Waals surface area contributed by atoms with Crippen LogP contribution in [-0.4, -0.2) is 9.97 Å². The average molecular weight is 800 g/mol. The molecule has 2 nitrogen and oxygen atoms in total. The molecule has 0 saturated heterocycles. The fraction of sp³-hybridized carbons (Fsp3) is 0. The second-order valence-electron chi connectivity index (χ2n) is 15.1. The summed E-state index contributed by atoms with van der Waals surface area (Å²) in [6.07, 6.45) is -0.461. The van der Waals surface area contributed by atoms with Gasteiger partial charge in [-0.1, -0.05) is 194 Å². The van der Waals surface area contributed by atoms with Gasteiger partial charge in [-0.05, 0) is 78.3 Å². The molecule has 9 aromatic carbocycles. The number of aromatic nitrogens is 2. The number of nitrogens with zero attached hydrogens (tertiary/aromatic N) is 2. The van der Waals surface area contributed by atoms with Crippen LogP contribution in [0.25, 0.3) is 120 Å². The second kappa shape index (κ2) is 14.5. The van der Waals surface area contributed by atoms with Crippen LogP contribution in [0.15, 0.2) is 218 Å². The smallest absolute Gasteiger partial charge is 0.0972 e. The van der Waals surface area contributed by atoms with E-state index < -0.39 is 18.3 Å². The standard InChI is InChI=1S/C58H36N2S/c1-3-14-38(15-4-1)53-54(39-16-5-2-6-17-39)58(51-36-43-18-7-8-20-44(43)46-21-10-12-24-49(46)51)61-57(53)42-29-25-37(26-30-42)45-32-33-50(48-23-11-9-22-47(45)48)52-34-31-41-28-27-40-19-13-35-59-55(40)56(41)60-52/h1-36H/i13D,19D,27D,28D,31D,34D,35D. The molecule has 0 fully saturated rings. The van der Waals surface area contributed by atoms with E-state index in [-0.39, 0.29) is 51.7 Å². The number of thiophene rings is 1. The highest BCUT2D eigenvalue weighted by Gasteiger charge is 2.25. The molecule has 0 N–H and O–H groups in total. The van der Waals surface area contributed by atoms with Gasteiger partial charge in [-0.15, -0.1) is 11.3 Å². The molecule has 0 spiro atoms. The van der Waals surface area contributed by atoms with Crippen molar-refractivity contribution in [2.75, 3.05) is 0 Å². The maximum atomic E-state index is 9.17. The predicted octanol–water partition coefficient (Wildman–Crippen LogP) is 16.3. The zero-order valence-corrected chi connectivity index (χ0v) is 33.4. The Morgan fingerprint density at radius 1 is 0.377 bits per heavy atom. The van der Waals surface area contributed by atoms with Crippen LogP contribution >= 0.6 is 11.3 Å².